The molecule has 0 saturated heterocycles. The van der Waals surface area contributed by atoms with Gasteiger partial charge >= 0.3 is 0 Å². The van der Waals surface area contributed by atoms with Gasteiger partial charge in [0.1, 0.15) is 11.8 Å². The van der Waals surface area contributed by atoms with Crippen molar-refractivity contribution in [2.45, 2.75) is 0 Å². The summed E-state index contributed by atoms with van der Waals surface area (Å²) in [4.78, 5) is 0. The van der Waals surface area contributed by atoms with E-state index in [1.807, 2.05) is 18.2 Å². The van der Waals surface area contributed by atoms with Gasteiger partial charge in [0.15, 0.2) is 0 Å². The van der Waals surface area contributed by atoms with E-state index in [0.29, 0.717) is 11.7 Å². The molecule has 0 bridgehead atoms. The molecule has 0 unspecified atom stereocenters. The van der Waals surface area contributed by atoms with Crippen LogP contribution in [0.2, 0.25) is 0 Å². The SMILES string of the molecule is N#Cc1ccc(Oc2ccc(Br)cc2)o1. The lowest BCUT2D eigenvalue weighted by atomic mass is 10.3. The average Bonchev–Trinajstić information content (AvgIpc) is 2.69. The maximum Gasteiger partial charge on any atom is 0.291 e. The highest BCUT2D eigenvalue weighted by atomic mass is 79.9. The Balaban J connectivity index is 2.15. The average molecular weight is 264 g/mol. The molecule has 74 valence electrons. The number of ether oxygens (including phenoxy) is 1. The fourth-order valence-corrected chi connectivity index (χ4v) is 1.32. The van der Waals surface area contributed by atoms with E-state index in [1.54, 1.807) is 24.3 Å². The Morgan fingerprint density at radius 2 is 1.87 bits per heavy atom. The van der Waals surface area contributed by atoms with E-state index in [-0.39, 0.29) is 5.76 Å². The minimum absolute atomic E-state index is 0.238. The second kappa shape index (κ2) is 4.20. The van der Waals surface area contributed by atoms with Gasteiger partial charge in [0.2, 0.25) is 5.76 Å². The van der Waals surface area contributed by atoms with Crippen molar-refractivity contribution in [3.8, 4) is 17.8 Å². The van der Waals surface area contributed by atoms with Crippen LogP contribution in [-0.2, 0) is 0 Å². The number of nitrogens with zero attached hydrogens (tertiary/aromatic N) is 1. The molecular formula is C11H6BrNO2. The maximum atomic E-state index is 8.55. The largest absolute Gasteiger partial charge is 0.426 e. The lowest BCUT2D eigenvalue weighted by Gasteiger charge is -2.00. The molecule has 0 atom stereocenters. The van der Waals surface area contributed by atoms with Crippen LogP contribution in [0, 0.1) is 11.3 Å². The highest BCUT2D eigenvalue weighted by molar-refractivity contribution is 9.10. The van der Waals surface area contributed by atoms with Gasteiger partial charge in [-0.15, -0.1) is 0 Å². The maximum absolute atomic E-state index is 8.55. The number of nitriles is 1. The summed E-state index contributed by atoms with van der Waals surface area (Å²) in [7, 11) is 0. The molecule has 0 aliphatic rings. The van der Waals surface area contributed by atoms with Crippen molar-refractivity contribution in [2.75, 3.05) is 0 Å². The third-order valence-electron chi connectivity index (χ3n) is 1.72. The van der Waals surface area contributed by atoms with Crippen LogP contribution in [-0.4, -0.2) is 0 Å². The first-order valence-electron chi connectivity index (χ1n) is 4.21. The Morgan fingerprint density at radius 3 is 2.47 bits per heavy atom. The van der Waals surface area contributed by atoms with Crippen molar-refractivity contribution in [2.24, 2.45) is 0 Å². The van der Waals surface area contributed by atoms with Crippen molar-refractivity contribution in [3.63, 3.8) is 0 Å². The summed E-state index contributed by atoms with van der Waals surface area (Å²) in [5.74, 6) is 1.22. The summed E-state index contributed by atoms with van der Waals surface area (Å²) in [6.45, 7) is 0. The van der Waals surface area contributed by atoms with Crippen molar-refractivity contribution in [1.82, 2.24) is 0 Å². The second-order valence-corrected chi connectivity index (χ2v) is 3.70. The molecule has 0 fully saturated rings. The van der Waals surface area contributed by atoms with Gasteiger partial charge in [-0.05, 0) is 30.3 Å². The van der Waals surface area contributed by atoms with E-state index in [2.05, 4.69) is 15.9 Å². The summed E-state index contributed by atoms with van der Waals surface area (Å²) >= 11 is 3.32. The number of halogens is 1. The summed E-state index contributed by atoms with van der Waals surface area (Å²) in [5.41, 5.74) is 0. The molecule has 0 radical (unpaired) electrons. The number of furan rings is 1. The molecule has 0 aliphatic heterocycles. The van der Waals surface area contributed by atoms with Crippen molar-refractivity contribution < 1.29 is 9.15 Å². The third kappa shape index (κ3) is 2.39. The van der Waals surface area contributed by atoms with Crippen LogP contribution in [0.5, 0.6) is 11.7 Å². The first-order chi connectivity index (χ1) is 7.28. The van der Waals surface area contributed by atoms with Gasteiger partial charge in [-0.25, -0.2) is 0 Å². The Morgan fingerprint density at radius 1 is 1.13 bits per heavy atom. The number of hydrogen-bond donors (Lipinski definition) is 0. The predicted octanol–water partition coefficient (Wildman–Crippen LogP) is 3.71. The molecule has 0 saturated carbocycles. The number of benzene rings is 1. The van der Waals surface area contributed by atoms with Gasteiger partial charge in [-0.2, -0.15) is 5.26 Å². The fraction of sp³-hybridized carbons (Fsp3) is 0. The Hall–Kier alpha value is -1.73. The highest BCUT2D eigenvalue weighted by Gasteiger charge is 2.02. The van der Waals surface area contributed by atoms with Crippen LogP contribution >= 0.6 is 15.9 Å². The Kier molecular flexibility index (Phi) is 2.75. The van der Waals surface area contributed by atoms with Gasteiger partial charge in [-0.1, -0.05) is 15.9 Å². The Bertz CT molecular complexity index is 496. The van der Waals surface area contributed by atoms with E-state index < -0.39 is 0 Å². The van der Waals surface area contributed by atoms with Crippen LogP contribution in [0.1, 0.15) is 5.76 Å². The van der Waals surface area contributed by atoms with E-state index in [0.717, 1.165) is 4.47 Å². The van der Waals surface area contributed by atoms with Crippen LogP contribution in [0.25, 0.3) is 0 Å². The quantitative estimate of drug-likeness (QED) is 0.830. The fourth-order valence-electron chi connectivity index (χ4n) is 1.05. The summed E-state index contributed by atoms with van der Waals surface area (Å²) in [5, 5.41) is 8.55. The van der Waals surface area contributed by atoms with E-state index in [1.165, 1.54) is 0 Å². The highest BCUT2D eigenvalue weighted by Crippen LogP contribution is 2.24. The molecule has 1 aromatic carbocycles. The van der Waals surface area contributed by atoms with Gasteiger partial charge in [0.05, 0.1) is 0 Å². The topological polar surface area (TPSA) is 46.2 Å². The van der Waals surface area contributed by atoms with Crippen molar-refractivity contribution in [1.29, 1.82) is 5.26 Å². The summed E-state index contributed by atoms with van der Waals surface area (Å²) < 4.78 is 11.4. The first kappa shape index (κ1) is 9.81. The molecule has 15 heavy (non-hydrogen) atoms. The van der Waals surface area contributed by atoms with Crippen LogP contribution < -0.4 is 4.74 Å². The zero-order chi connectivity index (χ0) is 10.7. The molecule has 0 N–H and O–H groups in total. The van der Waals surface area contributed by atoms with E-state index >= 15 is 0 Å². The predicted molar refractivity (Wildman–Crippen MR) is 57.6 cm³/mol. The zero-order valence-electron chi connectivity index (χ0n) is 7.61. The van der Waals surface area contributed by atoms with Crippen molar-refractivity contribution in [3.05, 3.63) is 46.6 Å². The molecule has 1 aromatic heterocycles. The molecule has 0 amide bonds. The Labute approximate surface area is 95.0 Å². The molecule has 1 heterocycles. The molecule has 2 aromatic rings. The standard InChI is InChI=1S/C11H6BrNO2/c12-8-1-3-9(4-2-8)14-11-6-5-10(7-13)15-11/h1-6H. The molecule has 0 spiro atoms. The van der Waals surface area contributed by atoms with Gasteiger partial charge in [0.25, 0.3) is 5.95 Å². The number of hydrogen-bond acceptors (Lipinski definition) is 3. The smallest absolute Gasteiger partial charge is 0.291 e. The van der Waals surface area contributed by atoms with E-state index in [9.17, 15) is 0 Å². The third-order valence-corrected chi connectivity index (χ3v) is 2.25. The number of rotatable bonds is 2. The minimum atomic E-state index is 0.238. The molecular weight excluding hydrogens is 258 g/mol. The lowest BCUT2D eigenvalue weighted by molar-refractivity contribution is 0.343. The molecule has 4 heteroatoms. The molecule has 0 aliphatic carbocycles. The van der Waals surface area contributed by atoms with Gasteiger partial charge < -0.3 is 9.15 Å². The second-order valence-electron chi connectivity index (χ2n) is 2.79. The normalized spacial score (nSPS) is 9.60. The first-order valence-corrected chi connectivity index (χ1v) is 5.00. The van der Waals surface area contributed by atoms with Crippen LogP contribution in [0.15, 0.2) is 45.3 Å². The summed E-state index contributed by atoms with van der Waals surface area (Å²) in [6.07, 6.45) is 0. The van der Waals surface area contributed by atoms with E-state index in [4.69, 9.17) is 14.4 Å². The van der Waals surface area contributed by atoms with Gasteiger partial charge in [-0.3, -0.25) is 0 Å². The van der Waals surface area contributed by atoms with Crippen LogP contribution in [0.3, 0.4) is 0 Å². The zero-order valence-corrected chi connectivity index (χ0v) is 9.19. The molecule has 3 nitrogen and oxygen atoms in total. The molecule has 2 rings (SSSR count). The minimum Gasteiger partial charge on any atom is -0.426 e. The monoisotopic (exact) mass is 263 g/mol. The lowest BCUT2D eigenvalue weighted by Crippen LogP contribution is -1.80. The summed E-state index contributed by atoms with van der Waals surface area (Å²) in [6, 6.07) is 12.4. The van der Waals surface area contributed by atoms with Gasteiger partial charge in [0, 0.05) is 10.5 Å². The van der Waals surface area contributed by atoms with Crippen LogP contribution in [0.4, 0.5) is 0 Å². The van der Waals surface area contributed by atoms with Crippen molar-refractivity contribution >= 4 is 15.9 Å².